The van der Waals surface area contributed by atoms with E-state index in [-0.39, 0.29) is 24.7 Å². The van der Waals surface area contributed by atoms with E-state index in [4.69, 9.17) is 4.74 Å². The van der Waals surface area contributed by atoms with Crippen molar-refractivity contribution in [3.8, 4) is 0 Å². The fourth-order valence-electron chi connectivity index (χ4n) is 3.45. The van der Waals surface area contributed by atoms with Gasteiger partial charge < -0.3 is 15.0 Å². The second-order valence-corrected chi connectivity index (χ2v) is 7.48. The van der Waals surface area contributed by atoms with Crippen LogP contribution >= 0.6 is 0 Å². The highest BCUT2D eigenvalue weighted by Crippen LogP contribution is 2.29. The predicted octanol–water partition coefficient (Wildman–Crippen LogP) is 3.04. The molecule has 7 heteroatoms. The van der Waals surface area contributed by atoms with Crippen molar-refractivity contribution < 1.29 is 23.9 Å². The average Bonchev–Trinajstić information content (AvgIpc) is 3.08. The zero-order valence-corrected chi connectivity index (χ0v) is 17.2. The van der Waals surface area contributed by atoms with E-state index in [1.165, 1.54) is 6.92 Å². The fourth-order valence-corrected chi connectivity index (χ4v) is 3.45. The monoisotopic (exact) mass is 408 g/mol. The average molecular weight is 408 g/mol. The zero-order chi connectivity index (χ0) is 21.8. The van der Waals surface area contributed by atoms with Crippen LogP contribution in [-0.4, -0.2) is 36.7 Å². The summed E-state index contributed by atoms with van der Waals surface area (Å²) in [6.45, 7) is 5.15. The van der Waals surface area contributed by atoms with Gasteiger partial charge >= 0.3 is 5.97 Å². The summed E-state index contributed by atoms with van der Waals surface area (Å²) in [6.07, 6.45) is 0.0558. The van der Waals surface area contributed by atoms with E-state index in [9.17, 15) is 19.2 Å². The molecule has 1 aliphatic rings. The number of esters is 1. The number of anilines is 2. The van der Waals surface area contributed by atoms with Crippen molar-refractivity contribution in [1.82, 2.24) is 0 Å². The van der Waals surface area contributed by atoms with E-state index in [1.54, 1.807) is 29.2 Å². The summed E-state index contributed by atoms with van der Waals surface area (Å²) in [4.78, 5) is 49.7. The number of nitrogens with one attached hydrogen (secondary N) is 1. The van der Waals surface area contributed by atoms with Gasteiger partial charge in [-0.05, 0) is 56.7 Å². The molecule has 1 saturated heterocycles. The first-order valence-electron chi connectivity index (χ1n) is 9.69. The lowest BCUT2D eigenvalue weighted by molar-refractivity contribution is -0.151. The van der Waals surface area contributed by atoms with Crippen LogP contribution in [0.3, 0.4) is 0 Å². The molecule has 1 fully saturated rings. The molecule has 2 aromatic carbocycles. The van der Waals surface area contributed by atoms with Crippen molar-refractivity contribution in [3.63, 3.8) is 0 Å². The van der Waals surface area contributed by atoms with Crippen molar-refractivity contribution >= 4 is 34.9 Å². The van der Waals surface area contributed by atoms with Crippen LogP contribution in [0.1, 0.15) is 34.8 Å². The molecule has 2 amide bonds. The standard InChI is InChI=1S/C23H24N2O5/c1-14-4-9-20(15(2)10-14)25-12-18(11-22(25)28)23(29)30-13-21(27)24-19-7-5-17(6-8-19)16(3)26/h4-10,18H,11-13H2,1-3H3,(H,24,27)/t18-/m0/s1. The molecule has 0 aromatic heterocycles. The summed E-state index contributed by atoms with van der Waals surface area (Å²) in [5.41, 5.74) is 3.89. The van der Waals surface area contributed by atoms with Gasteiger partial charge in [0.15, 0.2) is 12.4 Å². The number of ketones is 1. The number of rotatable bonds is 6. The molecule has 0 spiro atoms. The van der Waals surface area contributed by atoms with Gasteiger partial charge in [0.25, 0.3) is 5.91 Å². The number of amides is 2. The maximum absolute atomic E-state index is 12.4. The molecule has 0 bridgehead atoms. The number of Topliss-reactive ketones (excluding diaryl/α,β-unsaturated/α-hetero) is 1. The predicted molar refractivity (Wildman–Crippen MR) is 112 cm³/mol. The van der Waals surface area contributed by atoms with Gasteiger partial charge in [0, 0.05) is 29.9 Å². The maximum atomic E-state index is 12.4. The summed E-state index contributed by atoms with van der Waals surface area (Å²) < 4.78 is 5.12. The smallest absolute Gasteiger partial charge is 0.311 e. The Balaban J connectivity index is 1.53. The van der Waals surface area contributed by atoms with Crippen LogP contribution in [0.25, 0.3) is 0 Å². The molecule has 0 aliphatic carbocycles. The summed E-state index contributed by atoms with van der Waals surface area (Å²) in [5.74, 6) is -1.88. The van der Waals surface area contributed by atoms with Gasteiger partial charge in [-0.1, -0.05) is 17.7 Å². The number of ether oxygens (including phenoxy) is 1. The van der Waals surface area contributed by atoms with Crippen LogP contribution in [0.2, 0.25) is 0 Å². The number of benzene rings is 2. The van der Waals surface area contributed by atoms with Gasteiger partial charge in [-0.15, -0.1) is 0 Å². The number of hydrogen-bond donors (Lipinski definition) is 1. The fraction of sp³-hybridized carbons (Fsp3) is 0.304. The van der Waals surface area contributed by atoms with Crippen LogP contribution in [0.5, 0.6) is 0 Å². The lowest BCUT2D eigenvalue weighted by Gasteiger charge is -2.19. The first kappa shape index (κ1) is 21.2. The Morgan fingerprint density at radius 1 is 1.10 bits per heavy atom. The minimum atomic E-state index is -0.610. The van der Waals surface area contributed by atoms with E-state index in [0.29, 0.717) is 11.3 Å². The summed E-state index contributed by atoms with van der Waals surface area (Å²) >= 11 is 0. The van der Waals surface area contributed by atoms with Crippen molar-refractivity contribution in [1.29, 1.82) is 0 Å². The molecule has 1 heterocycles. The highest BCUT2D eigenvalue weighted by molar-refractivity contribution is 6.00. The first-order valence-corrected chi connectivity index (χ1v) is 9.69. The second-order valence-electron chi connectivity index (χ2n) is 7.48. The third-order valence-corrected chi connectivity index (χ3v) is 5.02. The van der Waals surface area contributed by atoms with Crippen LogP contribution < -0.4 is 10.2 Å². The molecule has 7 nitrogen and oxygen atoms in total. The van der Waals surface area contributed by atoms with Gasteiger partial charge in [-0.25, -0.2) is 0 Å². The molecule has 0 radical (unpaired) electrons. The van der Waals surface area contributed by atoms with Gasteiger partial charge in [0.2, 0.25) is 5.91 Å². The minimum Gasteiger partial charge on any atom is -0.455 e. The molecular weight excluding hydrogens is 384 g/mol. The summed E-state index contributed by atoms with van der Waals surface area (Å²) in [6, 6.07) is 12.2. The number of carbonyl (C=O) groups is 4. The van der Waals surface area contributed by atoms with E-state index >= 15 is 0 Å². The van der Waals surface area contributed by atoms with Crippen LogP contribution in [0.15, 0.2) is 42.5 Å². The molecule has 3 rings (SSSR count). The third-order valence-electron chi connectivity index (χ3n) is 5.02. The molecule has 0 unspecified atom stereocenters. The summed E-state index contributed by atoms with van der Waals surface area (Å²) in [5, 5.41) is 2.61. The highest BCUT2D eigenvalue weighted by Gasteiger charge is 2.36. The van der Waals surface area contributed by atoms with E-state index in [1.807, 2.05) is 32.0 Å². The largest absolute Gasteiger partial charge is 0.455 e. The number of hydrogen-bond acceptors (Lipinski definition) is 5. The van der Waals surface area contributed by atoms with Crippen molar-refractivity contribution in [2.24, 2.45) is 5.92 Å². The Labute approximate surface area is 175 Å². The first-order chi connectivity index (χ1) is 14.2. The van der Waals surface area contributed by atoms with Gasteiger partial charge in [-0.3, -0.25) is 19.2 Å². The Kier molecular flexibility index (Phi) is 6.30. The van der Waals surface area contributed by atoms with E-state index in [0.717, 1.165) is 16.8 Å². The Bertz CT molecular complexity index is 997. The second kappa shape index (κ2) is 8.90. The topological polar surface area (TPSA) is 92.8 Å². The Hall–Kier alpha value is -3.48. The van der Waals surface area contributed by atoms with Crippen LogP contribution in [-0.2, 0) is 19.1 Å². The normalized spacial score (nSPS) is 15.8. The molecule has 30 heavy (non-hydrogen) atoms. The molecule has 156 valence electrons. The van der Waals surface area contributed by atoms with Crippen molar-refractivity contribution in [3.05, 3.63) is 59.2 Å². The molecular formula is C23H24N2O5. The molecule has 1 aliphatic heterocycles. The number of carbonyl (C=O) groups excluding carboxylic acids is 4. The molecule has 0 saturated carbocycles. The Morgan fingerprint density at radius 2 is 1.80 bits per heavy atom. The molecule has 1 N–H and O–H groups in total. The summed E-state index contributed by atoms with van der Waals surface area (Å²) in [7, 11) is 0. The van der Waals surface area contributed by atoms with Crippen LogP contribution in [0, 0.1) is 19.8 Å². The number of nitrogens with zero attached hydrogens (tertiary/aromatic N) is 1. The lowest BCUT2D eigenvalue weighted by atomic mass is 10.1. The van der Waals surface area contributed by atoms with Crippen LogP contribution in [0.4, 0.5) is 11.4 Å². The lowest BCUT2D eigenvalue weighted by Crippen LogP contribution is -2.28. The van der Waals surface area contributed by atoms with Gasteiger partial charge in [-0.2, -0.15) is 0 Å². The molecule has 2 aromatic rings. The quantitative estimate of drug-likeness (QED) is 0.586. The Morgan fingerprint density at radius 3 is 2.43 bits per heavy atom. The van der Waals surface area contributed by atoms with Gasteiger partial charge in [0.1, 0.15) is 0 Å². The van der Waals surface area contributed by atoms with Crippen molar-refractivity contribution in [2.75, 3.05) is 23.4 Å². The van der Waals surface area contributed by atoms with Crippen molar-refractivity contribution in [2.45, 2.75) is 27.2 Å². The number of aryl methyl sites for hydroxylation is 2. The van der Waals surface area contributed by atoms with E-state index in [2.05, 4.69) is 5.32 Å². The maximum Gasteiger partial charge on any atom is 0.311 e. The third kappa shape index (κ3) is 4.92. The molecule has 1 atom stereocenters. The SMILES string of the molecule is CC(=O)c1ccc(NC(=O)COC(=O)[C@H]2CC(=O)N(c3ccc(C)cc3C)C2)cc1. The van der Waals surface area contributed by atoms with Gasteiger partial charge in [0.05, 0.1) is 5.92 Å². The minimum absolute atomic E-state index is 0.0558. The van der Waals surface area contributed by atoms with E-state index < -0.39 is 24.4 Å². The zero-order valence-electron chi connectivity index (χ0n) is 17.2. The highest BCUT2D eigenvalue weighted by atomic mass is 16.5.